The predicted octanol–water partition coefficient (Wildman–Crippen LogP) is 2.42. The minimum absolute atomic E-state index is 0.0629. The number of benzene rings is 2. The Balaban J connectivity index is 1.32. The van der Waals surface area contributed by atoms with Crippen molar-refractivity contribution in [2.45, 2.75) is 19.1 Å². The summed E-state index contributed by atoms with van der Waals surface area (Å²) in [4.78, 5) is 26.3. The van der Waals surface area contributed by atoms with Crippen molar-refractivity contribution in [2.75, 3.05) is 31.1 Å². The molecule has 3 aromatic rings. The molecule has 1 unspecified atom stereocenters. The molecule has 142 valence electrons. The molecular weight excluding hydrogens is 352 g/mol. The van der Waals surface area contributed by atoms with Crippen LogP contribution < -0.4 is 4.90 Å². The van der Waals surface area contributed by atoms with Crippen LogP contribution >= 0.6 is 0 Å². The highest BCUT2D eigenvalue weighted by Gasteiger charge is 2.32. The van der Waals surface area contributed by atoms with Gasteiger partial charge in [-0.05, 0) is 29.7 Å². The molecule has 2 aliphatic heterocycles. The van der Waals surface area contributed by atoms with Gasteiger partial charge in [0.2, 0.25) is 0 Å². The molecule has 0 spiro atoms. The summed E-state index contributed by atoms with van der Waals surface area (Å²) in [5, 5.41) is 0. The zero-order chi connectivity index (χ0) is 18.9. The average Bonchev–Trinajstić information content (AvgIpc) is 2.78. The molecular formula is C22H22N4O2. The Morgan fingerprint density at radius 3 is 2.68 bits per heavy atom. The van der Waals surface area contributed by atoms with E-state index in [1.165, 1.54) is 11.1 Å². The maximum Gasteiger partial charge on any atom is 0.253 e. The van der Waals surface area contributed by atoms with Gasteiger partial charge >= 0.3 is 0 Å². The van der Waals surface area contributed by atoms with Gasteiger partial charge in [-0.25, -0.2) is 4.98 Å². The lowest BCUT2D eigenvalue weighted by molar-refractivity contribution is -0.145. The summed E-state index contributed by atoms with van der Waals surface area (Å²) in [5.74, 6) is 0.858. The first kappa shape index (κ1) is 17.1. The SMILES string of the molecule is O=C(C1CN(c2cnc3ccccc3n2)CCO1)N1CCc2ccccc2C1. The van der Waals surface area contributed by atoms with E-state index in [1.807, 2.05) is 35.2 Å². The number of morpholine rings is 1. The fourth-order valence-electron chi connectivity index (χ4n) is 3.99. The number of aromatic nitrogens is 2. The lowest BCUT2D eigenvalue weighted by Gasteiger charge is -2.37. The summed E-state index contributed by atoms with van der Waals surface area (Å²) in [6, 6.07) is 16.2. The third kappa shape index (κ3) is 3.20. The van der Waals surface area contributed by atoms with Crippen molar-refractivity contribution in [2.24, 2.45) is 0 Å². The standard InChI is InChI=1S/C22H22N4O2/c27-22(26-10-9-16-5-1-2-6-17(16)14-26)20-15-25(11-12-28-20)21-13-23-18-7-3-4-8-19(18)24-21/h1-8,13,20H,9-12,14-15H2. The largest absolute Gasteiger partial charge is 0.365 e. The van der Waals surface area contributed by atoms with Crippen LogP contribution in [0.4, 0.5) is 5.82 Å². The van der Waals surface area contributed by atoms with E-state index in [2.05, 4.69) is 28.1 Å². The Labute approximate surface area is 163 Å². The molecule has 3 heterocycles. The number of hydrogen-bond donors (Lipinski definition) is 0. The van der Waals surface area contributed by atoms with Crippen molar-refractivity contribution < 1.29 is 9.53 Å². The fraction of sp³-hybridized carbons (Fsp3) is 0.318. The molecule has 5 rings (SSSR count). The van der Waals surface area contributed by atoms with E-state index in [1.54, 1.807) is 6.20 Å². The second-order valence-electron chi connectivity index (χ2n) is 7.30. The van der Waals surface area contributed by atoms with Crippen molar-refractivity contribution in [3.05, 3.63) is 65.9 Å². The van der Waals surface area contributed by atoms with Crippen LogP contribution in [0.5, 0.6) is 0 Å². The Kier molecular flexibility index (Phi) is 4.41. The molecule has 0 radical (unpaired) electrons. The molecule has 2 aromatic carbocycles. The number of fused-ring (bicyclic) bond motifs is 2. The molecule has 1 saturated heterocycles. The fourth-order valence-corrected chi connectivity index (χ4v) is 3.99. The van der Waals surface area contributed by atoms with Gasteiger partial charge in [0.1, 0.15) is 5.82 Å². The first-order valence-electron chi connectivity index (χ1n) is 9.72. The van der Waals surface area contributed by atoms with Crippen LogP contribution in [0, 0.1) is 0 Å². The number of nitrogens with zero attached hydrogens (tertiary/aromatic N) is 4. The third-order valence-electron chi connectivity index (χ3n) is 5.54. The first-order valence-corrected chi connectivity index (χ1v) is 9.72. The number of para-hydroxylation sites is 2. The summed E-state index contributed by atoms with van der Waals surface area (Å²) in [7, 11) is 0. The summed E-state index contributed by atoms with van der Waals surface area (Å²) < 4.78 is 5.84. The molecule has 0 N–H and O–H groups in total. The van der Waals surface area contributed by atoms with Crippen LogP contribution in [0.15, 0.2) is 54.7 Å². The predicted molar refractivity (Wildman–Crippen MR) is 107 cm³/mol. The van der Waals surface area contributed by atoms with E-state index in [4.69, 9.17) is 9.72 Å². The second-order valence-corrected chi connectivity index (χ2v) is 7.30. The summed E-state index contributed by atoms with van der Waals surface area (Å²) >= 11 is 0. The first-order chi connectivity index (χ1) is 13.8. The van der Waals surface area contributed by atoms with Gasteiger partial charge in [0.25, 0.3) is 5.91 Å². The number of ether oxygens (including phenoxy) is 1. The average molecular weight is 374 g/mol. The number of amides is 1. The molecule has 2 aliphatic rings. The van der Waals surface area contributed by atoms with Gasteiger partial charge in [-0.1, -0.05) is 36.4 Å². The monoisotopic (exact) mass is 374 g/mol. The highest BCUT2D eigenvalue weighted by atomic mass is 16.5. The van der Waals surface area contributed by atoms with Crippen LogP contribution in [-0.2, 0) is 22.5 Å². The summed E-state index contributed by atoms with van der Waals surface area (Å²) in [5.41, 5.74) is 4.31. The van der Waals surface area contributed by atoms with E-state index < -0.39 is 6.10 Å². The molecule has 0 aliphatic carbocycles. The molecule has 1 aromatic heterocycles. The van der Waals surface area contributed by atoms with Crippen LogP contribution in [0.1, 0.15) is 11.1 Å². The molecule has 1 fully saturated rings. The van der Waals surface area contributed by atoms with Crippen LogP contribution in [-0.4, -0.2) is 53.1 Å². The van der Waals surface area contributed by atoms with Crippen molar-refractivity contribution in [1.82, 2.24) is 14.9 Å². The van der Waals surface area contributed by atoms with Gasteiger partial charge in [-0.2, -0.15) is 0 Å². The van der Waals surface area contributed by atoms with Crippen molar-refractivity contribution in [3.63, 3.8) is 0 Å². The number of carbonyl (C=O) groups excluding carboxylic acids is 1. The lowest BCUT2D eigenvalue weighted by Crippen LogP contribution is -2.52. The van der Waals surface area contributed by atoms with E-state index in [9.17, 15) is 4.79 Å². The zero-order valence-corrected chi connectivity index (χ0v) is 15.6. The molecule has 0 saturated carbocycles. The molecule has 6 heteroatoms. The minimum Gasteiger partial charge on any atom is -0.365 e. The molecule has 0 bridgehead atoms. The van der Waals surface area contributed by atoms with E-state index in [0.29, 0.717) is 26.2 Å². The number of hydrogen-bond acceptors (Lipinski definition) is 5. The highest BCUT2D eigenvalue weighted by Crippen LogP contribution is 2.22. The maximum absolute atomic E-state index is 13.1. The quantitative estimate of drug-likeness (QED) is 0.690. The minimum atomic E-state index is -0.465. The van der Waals surface area contributed by atoms with Crippen molar-refractivity contribution in [3.8, 4) is 0 Å². The molecule has 1 amide bonds. The Bertz CT molecular complexity index is 1020. The molecule has 6 nitrogen and oxygen atoms in total. The molecule has 1 atom stereocenters. The topological polar surface area (TPSA) is 58.6 Å². The van der Waals surface area contributed by atoms with Gasteiger partial charge in [-0.3, -0.25) is 9.78 Å². The Morgan fingerprint density at radius 2 is 1.79 bits per heavy atom. The normalized spacial score (nSPS) is 19.5. The van der Waals surface area contributed by atoms with Gasteiger partial charge in [0.05, 0.1) is 30.4 Å². The maximum atomic E-state index is 13.1. The van der Waals surface area contributed by atoms with Gasteiger partial charge in [0, 0.05) is 19.6 Å². The van der Waals surface area contributed by atoms with Crippen LogP contribution in [0.25, 0.3) is 11.0 Å². The Hall–Kier alpha value is -2.99. The van der Waals surface area contributed by atoms with E-state index in [-0.39, 0.29) is 5.91 Å². The van der Waals surface area contributed by atoms with E-state index >= 15 is 0 Å². The Morgan fingerprint density at radius 1 is 1.00 bits per heavy atom. The number of anilines is 1. The smallest absolute Gasteiger partial charge is 0.253 e. The zero-order valence-electron chi connectivity index (χ0n) is 15.6. The summed E-state index contributed by atoms with van der Waals surface area (Å²) in [6.07, 6.45) is 2.22. The number of carbonyl (C=O) groups is 1. The van der Waals surface area contributed by atoms with Gasteiger partial charge < -0.3 is 14.5 Å². The number of rotatable bonds is 2. The highest BCUT2D eigenvalue weighted by molar-refractivity contribution is 5.82. The van der Waals surface area contributed by atoms with Crippen LogP contribution in [0.3, 0.4) is 0 Å². The van der Waals surface area contributed by atoms with Crippen molar-refractivity contribution >= 4 is 22.8 Å². The second kappa shape index (κ2) is 7.20. The van der Waals surface area contributed by atoms with Gasteiger partial charge in [0.15, 0.2) is 6.10 Å². The van der Waals surface area contributed by atoms with Gasteiger partial charge in [-0.15, -0.1) is 0 Å². The molecule has 28 heavy (non-hydrogen) atoms. The van der Waals surface area contributed by atoms with E-state index in [0.717, 1.165) is 29.8 Å². The lowest BCUT2D eigenvalue weighted by atomic mass is 9.99. The summed E-state index contributed by atoms with van der Waals surface area (Å²) in [6.45, 7) is 3.12. The van der Waals surface area contributed by atoms with Crippen molar-refractivity contribution in [1.29, 1.82) is 0 Å². The van der Waals surface area contributed by atoms with Crippen LogP contribution in [0.2, 0.25) is 0 Å². The third-order valence-corrected chi connectivity index (χ3v) is 5.54.